The summed E-state index contributed by atoms with van der Waals surface area (Å²) in [6.07, 6.45) is 2.60. The Kier molecular flexibility index (Phi) is 1.87. The fraction of sp³-hybridized carbons (Fsp3) is 0.778. The lowest BCUT2D eigenvalue weighted by Gasteiger charge is -2.34. The van der Waals surface area contributed by atoms with E-state index >= 15 is 0 Å². The minimum absolute atomic E-state index is 0.289. The van der Waals surface area contributed by atoms with E-state index in [-0.39, 0.29) is 5.41 Å². The summed E-state index contributed by atoms with van der Waals surface area (Å²) in [5.41, 5.74) is 0.289. The number of hydrogen-bond acceptors (Lipinski definition) is 3. The Balaban J connectivity index is 2.18. The predicted octanol–water partition coefficient (Wildman–Crippen LogP) is 0.796. The van der Waals surface area contributed by atoms with Crippen molar-refractivity contribution in [3.05, 3.63) is 12.2 Å². The standard InChI is InChI=1S/C9H16N4/c1-9(2,3)7-4-8-10-5-12-13(8)6-11-7/h5,7,11H,4,6H2,1-3H3. The largest absolute Gasteiger partial charge is 0.294 e. The molecule has 0 saturated heterocycles. The van der Waals surface area contributed by atoms with Gasteiger partial charge in [-0.1, -0.05) is 20.8 Å². The molecule has 1 aromatic rings. The van der Waals surface area contributed by atoms with Gasteiger partial charge in [0.2, 0.25) is 0 Å². The molecule has 13 heavy (non-hydrogen) atoms. The molecule has 72 valence electrons. The van der Waals surface area contributed by atoms with Crippen molar-refractivity contribution in [2.75, 3.05) is 0 Å². The minimum atomic E-state index is 0.289. The van der Waals surface area contributed by atoms with Crippen LogP contribution in [-0.2, 0) is 13.1 Å². The lowest BCUT2D eigenvalue weighted by Crippen LogP contribution is -2.47. The highest BCUT2D eigenvalue weighted by atomic mass is 15.4. The molecule has 2 heterocycles. The third kappa shape index (κ3) is 1.58. The van der Waals surface area contributed by atoms with Crippen LogP contribution in [0.4, 0.5) is 0 Å². The van der Waals surface area contributed by atoms with E-state index in [4.69, 9.17) is 0 Å². The molecule has 1 aliphatic rings. The van der Waals surface area contributed by atoms with Gasteiger partial charge in [-0.15, -0.1) is 0 Å². The van der Waals surface area contributed by atoms with Crippen LogP contribution in [0, 0.1) is 5.41 Å². The van der Waals surface area contributed by atoms with E-state index < -0.39 is 0 Å². The predicted molar refractivity (Wildman–Crippen MR) is 50.1 cm³/mol. The molecule has 4 heteroatoms. The first-order valence-corrected chi connectivity index (χ1v) is 4.67. The van der Waals surface area contributed by atoms with Crippen LogP contribution in [0.5, 0.6) is 0 Å². The molecular weight excluding hydrogens is 164 g/mol. The van der Waals surface area contributed by atoms with Crippen molar-refractivity contribution >= 4 is 0 Å². The number of nitrogens with one attached hydrogen (secondary N) is 1. The van der Waals surface area contributed by atoms with Crippen LogP contribution in [-0.4, -0.2) is 20.8 Å². The molecule has 1 aliphatic heterocycles. The second-order valence-corrected chi connectivity index (χ2v) is 4.66. The molecule has 1 aromatic heterocycles. The maximum absolute atomic E-state index is 4.23. The average molecular weight is 180 g/mol. The normalized spacial score (nSPS) is 22.8. The van der Waals surface area contributed by atoms with Crippen molar-refractivity contribution in [2.45, 2.75) is 39.9 Å². The first kappa shape index (κ1) is 8.69. The Morgan fingerprint density at radius 2 is 2.31 bits per heavy atom. The Labute approximate surface area is 78.4 Å². The lowest BCUT2D eigenvalue weighted by molar-refractivity contribution is 0.218. The van der Waals surface area contributed by atoms with Crippen LogP contribution in [0.3, 0.4) is 0 Å². The highest BCUT2D eigenvalue weighted by Crippen LogP contribution is 2.23. The van der Waals surface area contributed by atoms with Crippen molar-refractivity contribution in [2.24, 2.45) is 5.41 Å². The molecule has 0 aliphatic carbocycles. The summed E-state index contributed by atoms with van der Waals surface area (Å²) in [5.74, 6) is 1.10. The summed E-state index contributed by atoms with van der Waals surface area (Å²) in [6, 6.07) is 0.504. The van der Waals surface area contributed by atoms with E-state index in [0.29, 0.717) is 6.04 Å². The van der Waals surface area contributed by atoms with Crippen molar-refractivity contribution in [1.29, 1.82) is 0 Å². The van der Waals surface area contributed by atoms with Gasteiger partial charge >= 0.3 is 0 Å². The number of fused-ring (bicyclic) bond motifs is 1. The van der Waals surface area contributed by atoms with Gasteiger partial charge in [-0.25, -0.2) is 9.67 Å². The molecule has 1 N–H and O–H groups in total. The summed E-state index contributed by atoms with van der Waals surface area (Å²) < 4.78 is 1.92. The highest BCUT2D eigenvalue weighted by Gasteiger charge is 2.29. The molecule has 0 aromatic carbocycles. The van der Waals surface area contributed by atoms with Gasteiger partial charge in [0.1, 0.15) is 12.2 Å². The van der Waals surface area contributed by atoms with E-state index in [2.05, 4.69) is 36.2 Å². The molecule has 0 radical (unpaired) electrons. The van der Waals surface area contributed by atoms with Gasteiger partial charge in [0.15, 0.2) is 0 Å². The Hall–Kier alpha value is -0.900. The minimum Gasteiger partial charge on any atom is -0.294 e. The number of rotatable bonds is 0. The van der Waals surface area contributed by atoms with E-state index in [0.717, 1.165) is 18.9 Å². The first-order chi connectivity index (χ1) is 6.07. The number of aromatic nitrogens is 3. The quantitative estimate of drug-likeness (QED) is 0.642. The van der Waals surface area contributed by atoms with E-state index in [1.165, 1.54) is 0 Å². The monoisotopic (exact) mass is 180 g/mol. The molecular formula is C9H16N4. The van der Waals surface area contributed by atoms with Gasteiger partial charge in [-0.05, 0) is 5.41 Å². The third-order valence-corrected chi connectivity index (χ3v) is 2.62. The zero-order chi connectivity index (χ0) is 9.47. The summed E-state index contributed by atoms with van der Waals surface area (Å²) in [5, 5.41) is 7.58. The molecule has 0 amide bonds. The second kappa shape index (κ2) is 2.80. The fourth-order valence-corrected chi connectivity index (χ4v) is 1.64. The van der Waals surface area contributed by atoms with Crippen LogP contribution in [0.1, 0.15) is 26.6 Å². The average Bonchev–Trinajstić information content (AvgIpc) is 2.47. The van der Waals surface area contributed by atoms with Crippen LogP contribution < -0.4 is 5.32 Å². The Morgan fingerprint density at radius 1 is 1.54 bits per heavy atom. The van der Waals surface area contributed by atoms with Crippen molar-refractivity contribution in [3.63, 3.8) is 0 Å². The summed E-state index contributed by atoms with van der Waals surface area (Å²) in [7, 11) is 0. The van der Waals surface area contributed by atoms with Crippen LogP contribution in [0.15, 0.2) is 6.33 Å². The van der Waals surface area contributed by atoms with E-state index in [1.807, 2.05) is 4.68 Å². The van der Waals surface area contributed by atoms with E-state index in [1.54, 1.807) is 6.33 Å². The summed E-state index contributed by atoms with van der Waals surface area (Å²) >= 11 is 0. The van der Waals surface area contributed by atoms with Gasteiger partial charge in [0, 0.05) is 12.5 Å². The number of nitrogens with zero attached hydrogens (tertiary/aromatic N) is 3. The van der Waals surface area contributed by atoms with Crippen LogP contribution in [0.25, 0.3) is 0 Å². The molecule has 1 unspecified atom stereocenters. The maximum Gasteiger partial charge on any atom is 0.138 e. The SMILES string of the molecule is CC(C)(C)C1Cc2ncnn2CN1. The van der Waals surface area contributed by atoms with Gasteiger partial charge < -0.3 is 0 Å². The highest BCUT2D eigenvalue weighted by molar-refractivity contribution is 4.97. The summed E-state index contributed by atoms with van der Waals surface area (Å²) in [4.78, 5) is 4.23. The molecule has 0 fully saturated rings. The molecule has 1 atom stereocenters. The Morgan fingerprint density at radius 3 is 3.00 bits per heavy atom. The van der Waals surface area contributed by atoms with Crippen LogP contribution in [0.2, 0.25) is 0 Å². The molecule has 0 spiro atoms. The van der Waals surface area contributed by atoms with Gasteiger partial charge in [0.25, 0.3) is 0 Å². The molecule has 4 nitrogen and oxygen atoms in total. The molecule has 0 saturated carbocycles. The van der Waals surface area contributed by atoms with Crippen molar-refractivity contribution in [1.82, 2.24) is 20.1 Å². The molecule has 0 bridgehead atoms. The van der Waals surface area contributed by atoms with Crippen LogP contribution >= 0.6 is 0 Å². The lowest BCUT2D eigenvalue weighted by atomic mass is 9.84. The third-order valence-electron chi connectivity index (χ3n) is 2.62. The first-order valence-electron chi connectivity index (χ1n) is 4.67. The van der Waals surface area contributed by atoms with Gasteiger partial charge in [0.05, 0.1) is 6.67 Å². The zero-order valence-corrected chi connectivity index (χ0v) is 8.41. The van der Waals surface area contributed by atoms with Gasteiger partial charge in [-0.3, -0.25) is 5.32 Å². The Bertz CT molecular complexity index is 297. The van der Waals surface area contributed by atoms with Gasteiger partial charge in [-0.2, -0.15) is 5.10 Å². The van der Waals surface area contributed by atoms with Crippen molar-refractivity contribution in [3.8, 4) is 0 Å². The number of hydrogen-bond donors (Lipinski definition) is 1. The molecule has 2 rings (SSSR count). The van der Waals surface area contributed by atoms with E-state index in [9.17, 15) is 0 Å². The smallest absolute Gasteiger partial charge is 0.138 e. The second-order valence-electron chi connectivity index (χ2n) is 4.66. The summed E-state index contributed by atoms with van der Waals surface area (Å²) in [6.45, 7) is 7.53. The topological polar surface area (TPSA) is 42.7 Å². The fourth-order valence-electron chi connectivity index (χ4n) is 1.64. The maximum atomic E-state index is 4.23. The zero-order valence-electron chi connectivity index (χ0n) is 8.41. The van der Waals surface area contributed by atoms with Crippen molar-refractivity contribution < 1.29 is 0 Å².